The van der Waals surface area contributed by atoms with Crippen LogP contribution in [0.5, 0.6) is 0 Å². The van der Waals surface area contributed by atoms with E-state index in [0.717, 1.165) is 38.5 Å². The lowest BCUT2D eigenvalue weighted by Gasteiger charge is -2.13. The molecule has 86 valence electrons. The Morgan fingerprint density at radius 2 is 1.93 bits per heavy atom. The largest absolute Gasteiger partial charge is 0.460 e. The molecule has 15 heavy (non-hydrogen) atoms. The molecule has 0 aromatic carbocycles. The third-order valence-electron chi connectivity index (χ3n) is 2.63. The van der Waals surface area contributed by atoms with Crippen molar-refractivity contribution in [1.29, 1.82) is 0 Å². The normalized spacial score (nSPS) is 32.3. The summed E-state index contributed by atoms with van der Waals surface area (Å²) in [6.45, 7) is 1.91. The Kier molecular flexibility index (Phi) is 5.40. The van der Waals surface area contributed by atoms with Gasteiger partial charge < -0.3 is 9.84 Å². The van der Waals surface area contributed by atoms with Crippen LogP contribution in [0.3, 0.4) is 0 Å². The molecule has 1 heterocycles. The minimum absolute atomic E-state index is 0.0151. The van der Waals surface area contributed by atoms with Crippen LogP contribution in [-0.4, -0.2) is 23.3 Å². The van der Waals surface area contributed by atoms with E-state index in [1.807, 2.05) is 6.92 Å². The lowest BCUT2D eigenvalue weighted by molar-refractivity contribution is -0.142. The van der Waals surface area contributed by atoms with Crippen LogP contribution in [0.2, 0.25) is 0 Å². The zero-order valence-electron chi connectivity index (χ0n) is 9.32. The number of hydrogen-bond acceptors (Lipinski definition) is 3. The van der Waals surface area contributed by atoms with Crippen molar-refractivity contribution >= 4 is 5.97 Å². The number of hydrogen-bond donors (Lipinski definition) is 1. The first kappa shape index (κ1) is 12.2. The fourth-order valence-electron chi connectivity index (χ4n) is 1.72. The minimum Gasteiger partial charge on any atom is -0.460 e. The number of aliphatic hydroxyl groups is 1. The molecule has 0 aromatic heterocycles. The van der Waals surface area contributed by atoms with Crippen LogP contribution in [0.25, 0.3) is 0 Å². The number of cyclic esters (lactones) is 1. The van der Waals surface area contributed by atoms with Crippen LogP contribution in [-0.2, 0) is 9.53 Å². The van der Waals surface area contributed by atoms with Gasteiger partial charge in [0.05, 0.1) is 12.2 Å². The summed E-state index contributed by atoms with van der Waals surface area (Å²) in [5.41, 5.74) is 0. The highest BCUT2D eigenvalue weighted by Crippen LogP contribution is 2.12. The standard InChI is InChI=1S/C12H20O3/c1-10-6-4-2-3-5-7-11(13)8-9-12(14)15-10/h8-11,13H,2-7H2,1H3/b9-8+/t10-,11-/m0/s1. The maximum Gasteiger partial charge on any atom is 0.330 e. The first-order chi connectivity index (χ1) is 7.18. The van der Waals surface area contributed by atoms with E-state index in [-0.39, 0.29) is 12.1 Å². The van der Waals surface area contributed by atoms with Crippen LogP contribution < -0.4 is 0 Å². The van der Waals surface area contributed by atoms with E-state index in [0.29, 0.717) is 0 Å². The topological polar surface area (TPSA) is 46.5 Å². The molecular weight excluding hydrogens is 192 g/mol. The molecule has 3 nitrogen and oxygen atoms in total. The van der Waals surface area contributed by atoms with E-state index < -0.39 is 6.10 Å². The van der Waals surface area contributed by atoms with Gasteiger partial charge in [0.15, 0.2) is 0 Å². The molecule has 2 atom stereocenters. The molecular formula is C12H20O3. The predicted octanol–water partition coefficient (Wildman–Crippen LogP) is 2.19. The van der Waals surface area contributed by atoms with E-state index in [1.54, 1.807) is 0 Å². The molecule has 0 amide bonds. The van der Waals surface area contributed by atoms with Gasteiger partial charge in [-0.25, -0.2) is 4.79 Å². The number of rotatable bonds is 0. The lowest BCUT2D eigenvalue weighted by atomic mass is 10.1. The van der Waals surface area contributed by atoms with Crippen molar-refractivity contribution in [1.82, 2.24) is 0 Å². The Morgan fingerprint density at radius 1 is 1.27 bits per heavy atom. The average molecular weight is 212 g/mol. The molecule has 0 unspecified atom stereocenters. The van der Waals surface area contributed by atoms with Crippen LogP contribution >= 0.6 is 0 Å². The van der Waals surface area contributed by atoms with E-state index in [1.165, 1.54) is 12.2 Å². The van der Waals surface area contributed by atoms with Gasteiger partial charge in [-0.15, -0.1) is 0 Å². The van der Waals surface area contributed by atoms with Crippen molar-refractivity contribution in [2.75, 3.05) is 0 Å². The molecule has 1 rings (SSSR count). The molecule has 3 heteroatoms. The summed E-state index contributed by atoms with van der Waals surface area (Å²) in [6.07, 6.45) is 8.42. The molecule has 1 aliphatic heterocycles. The van der Waals surface area contributed by atoms with Crippen molar-refractivity contribution < 1.29 is 14.6 Å². The van der Waals surface area contributed by atoms with E-state index in [2.05, 4.69) is 0 Å². The summed E-state index contributed by atoms with van der Waals surface area (Å²) in [5, 5.41) is 9.48. The Labute approximate surface area is 91.1 Å². The molecule has 1 aliphatic rings. The quantitative estimate of drug-likeness (QED) is 0.626. The van der Waals surface area contributed by atoms with Gasteiger partial charge in [-0.05, 0) is 32.3 Å². The Hall–Kier alpha value is -0.830. The monoisotopic (exact) mass is 212 g/mol. The highest BCUT2D eigenvalue weighted by molar-refractivity contribution is 5.82. The smallest absolute Gasteiger partial charge is 0.330 e. The maximum absolute atomic E-state index is 11.2. The molecule has 1 N–H and O–H groups in total. The predicted molar refractivity (Wildman–Crippen MR) is 58.4 cm³/mol. The summed E-state index contributed by atoms with van der Waals surface area (Å²) in [7, 11) is 0. The molecule has 0 aromatic rings. The van der Waals surface area contributed by atoms with Gasteiger partial charge in [-0.1, -0.05) is 19.3 Å². The fraction of sp³-hybridized carbons (Fsp3) is 0.750. The van der Waals surface area contributed by atoms with Gasteiger partial charge in [0, 0.05) is 6.08 Å². The first-order valence-electron chi connectivity index (χ1n) is 5.75. The van der Waals surface area contributed by atoms with Gasteiger partial charge in [0.2, 0.25) is 0 Å². The van der Waals surface area contributed by atoms with Crippen LogP contribution in [0, 0.1) is 0 Å². The Bertz CT molecular complexity index is 223. The van der Waals surface area contributed by atoms with Gasteiger partial charge in [0.25, 0.3) is 0 Å². The van der Waals surface area contributed by atoms with E-state index in [4.69, 9.17) is 4.74 Å². The second kappa shape index (κ2) is 6.62. The molecule has 0 spiro atoms. The molecule has 0 saturated carbocycles. The highest BCUT2D eigenvalue weighted by atomic mass is 16.5. The summed E-state index contributed by atoms with van der Waals surface area (Å²) in [6, 6.07) is 0. The zero-order chi connectivity index (χ0) is 11.1. The molecule has 0 radical (unpaired) electrons. The van der Waals surface area contributed by atoms with Crippen LogP contribution in [0.4, 0.5) is 0 Å². The summed E-state index contributed by atoms with van der Waals surface area (Å²) in [4.78, 5) is 11.2. The van der Waals surface area contributed by atoms with Crippen LogP contribution in [0.15, 0.2) is 12.2 Å². The van der Waals surface area contributed by atoms with Gasteiger partial charge >= 0.3 is 5.97 Å². The molecule has 0 saturated heterocycles. The SMILES string of the molecule is C[C@H]1CCCCCC[C@H](O)/C=C/C(=O)O1. The van der Waals surface area contributed by atoms with Crippen molar-refractivity contribution in [2.24, 2.45) is 0 Å². The van der Waals surface area contributed by atoms with Gasteiger partial charge in [-0.3, -0.25) is 0 Å². The van der Waals surface area contributed by atoms with Crippen molar-refractivity contribution in [3.63, 3.8) is 0 Å². The molecule has 0 aliphatic carbocycles. The molecule has 0 bridgehead atoms. The first-order valence-corrected chi connectivity index (χ1v) is 5.75. The van der Waals surface area contributed by atoms with E-state index >= 15 is 0 Å². The Balaban J connectivity index is 2.48. The third-order valence-corrected chi connectivity index (χ3v) is 2.63. The van der Waals surface area contributed by atoms with Crippen molar-refractivity contribution in [3.05, 3.63) is 12.2 Å². The number of carbonyl (C=O) groups excluding carboxylic acids is 1. The number of esters is 1. The Morgan fingerprint density at radius 3 is 2.67 bits per heavy atom. The second-order valence-electron chi connectivity index (χ2n) is 4.17. The van der Waals surface area contributed by atoms with Crippen LogP contribution in [0.1, 0.15) is 45.4 Å². The van der Waals surface area contributed by atoms with Crippen molar-refractivity contribution in [2.45, 2.75) is 57.7 Å². The summed E-state index contributed by atoms with van der Waals surface area (Å²) in [5.74, 6) is -0.345. The third kappa shape index (κ3) is 5.57. The number of aliphatic hydroxyl groups excluding tert-OH is 1. The summed E-state index contributed by atoms with van der Waals surface area (Å²) < 4.78 is 5.13. The van der Waals surface area contributed by atoms with Gasteiger partial charge in [0.1, 0.15) is 0 Å². The number of carbonyl (C=O) groups is 1. The summed E-state index contributed by atoms with van der Waals surface area (Å²) >= 11 is 0. The molecule has 0 fully saturated rings. The highest BCUT2D eigenvalue weighted by Gasteiger charge is 2.08. The second-order valence-corrected chi connectivity index (χ2v) is 4.17. The number of ether oxygens (including phenoxy) is 1. The average Bonchev–Trinajstić information content (AvgIpc) is 2.18. The minimum atomic E-state index is -0.507. The maximum atomic E-state index is 11.2. The zero-order valence-corrected chi connectivity index (χ0v) is 9.32. The van der Waals surface area contributed by atoms with Gasteiger partial charge in [-0.2, -0.15) is 0 Å². The fourth-order valence-corrected chi connectivity index (χ4v) is 1.72. The van der Waals surface area contributed by atoms with Crippen molar-refractivity contribution in [3.8, 4) is 0 Å². The lowest BCUT2D eigenvalue weighted by Crippen LogP contribution is -2.14. The van der Waals surface area contributed by atoms with E-state index in [9.17, 15) is 9.90 Å².